The van der Waals surface area contributed by atoms with Gasteiger partial charge in [0.2, 0.25) is 5.91 Å². The van der Waals surface area contributed by atoms with Gasteiger partial charge < -0.3 is 16.0 Å². The fourth-order valence-corrected chi connectivity index (χ4v) is 4.81. The molecule has 0 radical (unpaired) electrons. The van der Waals surface area contributed by atoms with Gasteiger partial charge in [-0.1, -0.05) is 18.7 Å². The minimum atomic E-state index is -0.142. The maximum atomic E-state index is 12.5. The SMILES string of the molecule is CC1C=C(Nc2nc(CCN)cn3c(-c4cnn(C)c4)cnc23)SC1C(=O)N(C)C. The molecule has 0 spiro atoms. The van der Waals surface area contributed by atoms with E-state index in [1.54, 1.807) is 23.7 Å². The first kappa shape index (κ1) is 20.4. The van der Waals surface area contributed by atoms with Crippen LogP contribution in [0.1, 0.15) is 12.6 Å². The molecular formula is C20H26N8OS. The lowest BCUT2D eigenvalue weighted by Gasteiger charge is -2.19. The largest absolute Gasteiger partial charge is 0.348 e. The molecule has 9 nitrogen and oxygen atoms in total. The summed E-state index contributed by atoms with van der Waals surface area (Å²) in [7, 11) is 5.46. The monoisotopic (exact) mass is 426 g/mol. The molecule has 3 aromatic rings. The van der Waals surface area contributed by atoms with E-state index >= 15 is 0 Å². The molecule has 1 aliphatic heterocycles. The molecule has 0 saturated carbocycles. The molecule has 4 heterocycles. The number of anilines is 1. The van der Waals surface area contributed by atoms with Crippen LogP contribution in [0.2, 0.25) is 0 Å². The van der Waals surface area contributed by atoms with Crippen molar-refractivity contribution in [3.05, 3.63) is 41.6 Å². The van der Waals surface area contributed by atoms with E-state index in [0.29, 0.717) is 24.4 Å². The van der Waals surface area contributed by atoms with Crippen molar-refractivity contribution in [2.24, 2.45) is 18.7 Å². The molecule has 0 aliphatic carbocycles. The van der Waals surface area contributed by atoms with Crippen molar-refractivity contribution in [1.29, 1.82) is 0 Å². The van der Waals surface area contributed by atoms with Crippen LogP contribution in [0, 0.1) is 5.92 Å². The lowest BCUT2D eigenvalue weighted by molar-refractivity contribution is -0.128. The van der Waals surface area contributed by atoms with Crippen molar-refractivity contribution in [3.63, 3.8) is 0 Å². The number of carbonyl (C=O) groups is 1. The minimum Gasteiger partial charge on any atom is -0.348 e. The highest BCUT2D eigenvalue weighted by Gasteiger charge is 2.33. The number of amides is 1. The molecule has 0 bridgehead atoms. The van der Waals surface area contributed by atoms with Crippen LogP contribution in [0.4, 0.5) is 5.82 Å². The van der Waals surface area contributed by atoms with Gasteiger partial charge in [0, 0.05) is 45.5 Å². The van der Waals surface area contributed by atoms with E-state index in [-0.39, 0.29) is 17.1 Å². The zero-order valence-electron chi connectivity index (χ0n) is 17.5. The molecule has 3 N–H and O–H groups in total. The maximum absolute atomic E-state index is 12.5. The predicted octanol–water partition coefficient (Wildman–Crippen LogP) is 1.72. The fourth-order valence-electron chi connectivity index (χ4n) is 3.48. The number of fused-ring (bicyclic) bond motifs is 1. The summed E-state index contributed by atoms with van der Waals surface area (Å²) in [6.45, 7) is 2.56. The van der Waals surface area contributed by atoms with Gasteiger partial charge >= 0.3 is 0 Å². The molecule has 0 aromatic carbocycles. The first-order valence-corrected chi connectivity index (χ1v) is 10.7. The molecule has 3 aromatic heterocycles. The van der Waals surface area contributed by atoms with Crippen LogP contribution in [-0.2, 0) is 18.3 Å². The van der Waals surface area contributed by atoms with Crippen LogP contribution in [0.5, 0.6) is 0 Å². The standard InChI is InChI=1S/C20H26N8OS/c1-12-7-16(30-17(12)20(29)26(2)3)25-18-19-22-9-15(13-8-23-27(4)10-13)28(19)11-14(24-18)5-6-21/h7-12,17H,5-6,21H2,1-4H3,(H,24,25). The molecule has 1 amide bonds. The normalized spacial score (nSPS) is 18.6. The molecule has 4 rings (SSSR count). The second-order valence-corrected chi connectivity index (χ2v) is 8.83. The van der Waals surface area contributed by atoms with E-state index in [4.69, 9.17) is 10.7 Å². The van der Waals surface area contributed by atoms with E-state index in [1.807, 2.05) is 36.2 Å². The van der Waals surface area contributed by atoms with Crippen LogP contribution in [0.25, 0.3) is 16.9 Å². The van der Waals surface area contributed by atoms with Crippen molar-refractivity contribution in [2.75, 3.05) is 26.0 Å². The van der Waals surface area contributed by atoms with Crippen LogP contribution < -0.4 is 11.1 Å². The summed E-state index contributed by atoms with van der Waals surface area (Å²) < 4.78 is 3.78. The average molecular weight is 427 g/mol. The smallest absolute Gasteiger partial charge is 0.236 e. The number of imidazole rings is 1. The summed E-state index contributed by atoms with van der Waals surface area (Å²) in [6.07, 6.45) is 10.3. The highest BCUT2D eigenvalue weighted by molar-refractivity contribution is 8.04. The molecule has 10 heteroatoms. The molecule has 30 heavy (non-hydrogen) atoms. The Morgan fingerprint density at radius 1 is 1.33 bits per heavy atom. The van der Waals surface area contributed by atoms with E-state index < -0.39 is 0 Å². The highest BCUT2D eigenvalue weighted by atomic mass is 32.2. The maximum Gasteiger partial charge on any atom is 0.236 e. The topological polar surface area (TPSA) is 106 Å². The van der Waals surface area contributed by atoms with Crippen molar-refractivity contribution in [3.8, 4) is 11.3 Å². The third-order valence-corrected chi connectivity index (χ3v) is 6.39. The number of allylic oxidation sites excluding steroid dienone is 1. The Balaban J connectivity index is 1.69. The van der Waals surface area contributed by atoms with Gasteiger partial charge in [-0.2, -0.15) is 5.10 Å². The molecule has 158 valence electrons. The number of aromatic nitrogens is 5. The quantitative estimate of drug-likeness (QED) is 0.618. The van der Waals surface area contributed by atoms with Crippen LogP contribution in [0.3, 0.4) is 0 Å². The van der Waals surface area contributed by atoms with Gasteiger partial charge in [0.1, 0.15) is 0 Å². The number of aryl methyl sites for hydroxylation is 1. The van der Waals surface area contributed by atoms with Crippen LogP contribution in [-0.4, -0.2) is 60.8 Å². The number of carbonyl (C=O) groups excluding carboxylic acids is 1. The predicted molar refractivity (Wildman–Crippen MR) is 119 cm³/mol. The van der Waals surface area contributed by atoms with Gasteiger partial charge in [0.15, 0.2) is 11.5 Å². The molecular weight excluding hydrogens is 400 g/mol. The van der Waals surface area contributed by atoms with E-state index in [1.165, 1.54) is 11.8 Å². The van der Waals surface area contributed by atoms with Crippen molar-refractivity contribution < 1.29 is 4.79 Å². The minimum absolute atomic E-state index is 0.107. The summed E-state index contributed by atoms with van der Waals surface area (Å²) in [4.78, 5) is 23.5. The fraction of sp³-hybridized carbons (Fsp3) is 0.400. The molecule has 0 fully saturated rings. The van der Waals surface area contributed by atoms with Crippen LogP contribution in [0.15, 0.2) is 35.9 Å². The molecule has 2 atom stereocenters. The summed E-state index contributed by atoms with van der Waals surface area (Å²) in [5.74, 6) is 0.886. The van der Waals surface area contributed by atoms with Crippen molar-refractivity contribution in [2.45, 2.75) is 18.6 Å². The second-order valence-electron chi connectivity index (χ2n) is 7.65. The van der Waals surface area contributed by atoms with E-state index in [9.17, 15) is 4.79 Å². The van der Waals surface area contributed by atoms with Crippen molar-refractivity contribution in [1.82, 2.24) is 29.0 Å². The van der Waals surface area contributed by atoms with Gasteiger partial charge in [0.05, 0.1) is 34.1 Å². The Kier molecular flexibility index (Phi) is 5.52. The Bertz CT molecular complexity index is 1120. The second kappa shape index (κ2) is 8.11. The van der Waals surface area contributed by atoms with Crippen LogP contribution >= 0.6 is 11.8 Å². The lowest BCUT2D eigenvalue weighted by atomic mass is 10.1. The Morgan fingerprint density at radius 2 is 2.13 bits per heavy atom. The number of rotatable bonds is 6. The van der Waals surface area contributed by atoms with E-state index in [2.05, 4.69) is 28.4 Å². The summed E-state index contributed by atoms with van der Waals surface area (Å²) in [5, 5.41) is 8.44. The number of hydrogen-bond acceptors (Lipinski definition) is 7. The molecule has 1 aliphatic rings. The number of nitrogens with zero attached hydrogens (tertiary/aromatic N) is 6. The zero-order valence-corrected chi connectivity index (χ0v) is 18.3. The third kappa shape index (κ3) is 3.80. The summed E-state index contributed by atoms with van der Waals surface area (Å²) in [6, 6.07) is 0. The third-order valence-electron chi connectivity index (χ3n) is 5.01. The summed E-state index contributed by atoms with van der Waals surface area (Å²) in [5.41, 5.74) is 9.28. The zero-order chi connectivity index (χ0) is 21.4. The average Bonchev–Trinajstić information content (AvgIpc) is 3.40. The number of nitrogens with one attached hydrogen (secondary N) is 1. The number of nitrogens with two attached hydrogens (primary N) is 1. The van der Waals surface area contributed by atoms with E-state index in [0.717, 1.165) is 22.0 Å². The number of hydrogen-bond donors (Lipinski definition) is 2. The van der Waals surface area contributed by atoms with Gasteiger partial charge in [-0.05, 0) is 18.5 Å². The summed E-state index contributed by atoms with van der Waals surface area (Å²) >= 11 is 1.53. The first-order chi connectivity index (χ1) is 14.4. The molecule has 2 unspecified atom stereocenters. The van der Waals surface area contributed by atoms with Gasteiger partial charge in [0.25, 0.3) is 0 Å². The van der Waals surface area contributed by atoms with Gasteiger partial charge in [-0.15, -0.1) is 0 Å². The molecule has 0 saturated heterocycles. The van der Waals surface area contributed by atoms with Crippen molar-refractivity contribution >= 4 is 29.1 Å². The Labute approximate surface area is 179 Å². The Hall–Kier alpha value is -2.85. The first-order valence-electron chi connectivity index (χ1n) is 9.80. The number of thioether (sulfide) groups is 1. The highest BCUT2D eigenvalue weighted by Crippen LogP contribution is 2.38. The Morgan fingerprint density at radius 3 is 2.80 bits per heavy atom. The van der Waals surface area contributed by atoms with Gasteiger partial charge in [-0.25, -0.2) is 9.97 Å². The van der Waals surface area contributed by atoms with Gasteiger partial charge in [-0.3, -0.25) is 13.9 Å². The lowest BCUT2D eigenvalue weighted by Crippen LogP contribution is -2.33.